The van der Waals surface area contributed by atoms with E-state index >= 15 is 0 Å². The van der Waals surface area contributed by atoms with Crippen LogP contribution >= 0.6 is 0 Å². The third-order valence-electron chi connectivity index (χ3n) is 7.78. The van der Waals surface area contributed by atoms with Gasteiger partial charge in [-0.3, -0.25) is 0 Å². The van der Waals surface area contributed by atoms with Gasteiger partial charge in [0.1, 0.15) is 11.4 Å². The molecular formula is C23H29N3O2. The maximum Gasteiger partial charge on any atom is 0.131 e. The van der Waals surface area contributed by atoms with Gasteiger partial charge >= 0.3 is 0 Å². The maximum absolute atomic E-state index is 11.5. The van der Waals surface area contributed by atoms with Crippen molar-refractivity contribution in [2.75, 3.05) is 6.54 Å². The lowest BCUT2D eigenvalue weighted by Crippen LogP contribution is -2.50. The quantitative estimate of drug-likeness (QED) is 0.252. The van der Waals surface area contributed by atoms with Gasteiger partial charge in [0, 0.05) is 23.3 Å². The lowest BCUT2D eigenvalue weighted by Gasteiger charge is -2.52. The number of phenolic OH excluding ortho intramolecular Hbond substituents is 1. The number of aromatic hydroxyl groups is 1. The summed E-state index contributed by atoms with van der Waals surface area (Å²) in [7, 11) is 0. The van der Waals surface area contributed by atoms with Crippen molar-refractivity contribution in [1.82, 2.24) is 0 Å². The molecule has 2 fully saturated rings. The number of rotatable bonds is 3. The fraction of sp³-hybridized carbons (Fsp3) is 0.652. The SMILES string of the molecule is C[C@]12CC[C@@H]3c4ccc(O)cc4CC[C@H]3[C@@H]1CC[C@@]2(O)C#CCCCN=[N+]=[N-]. The highest BCUT2D eigenvalue weighted by atomic mass is 16.3. The Kier molecular flexibility index (Phi) is 5.04. The minimum absolute atomic E-state index is 0.152. The number of hydrogen-bond donors (Lipinski definition) is 2. The molecule has 0 radical (unpaired) electrons. The van der Waals surface area contributed by atoms with Crippen LogP contribution < -0.4 is 0 Å². The van der Waals surface area contributed by atoms with Gasteiger partial charge in [-0.1, -0.05) is 24.0 Å². The van der Waals surface area contributed by atoms with Crippen LogP contribution in [0.2, 0.25) is 0 Å². The Balaban J connectivity index is 1.53. The molecule has 0 spiro atoms. The molecule has 1 aromatic carbocycles. The number of nitrogens with zero attached hydrogens (tertiary/aromatic N) is 3. The van der Waals surface area contributed by atoms with Crippen LogP contribution in [-0.2, 0) is 6.42 Å². The molecule has 5 atom stereocenters. The van der Waals surface area contributed by atoms with E-state index in [9.17, 15) is 10.2 Å². The summed E-state index contributed by atoms with van der Waals surface area (Å²) in [5, 5.41) is 24.8. The third kappa shape index (κ3) is 3.05. The highest BCUT2D eigenvalue weighted by Gasteiger charge is 2.61. The van der Waals surface area contributed by atoms with E-state index in [4.69, 9.17) is 5.53 Å². The van der Waals surface area contributed by atoms with E-state index in [2.05, 4.69) is 34.9 Å². The first-order chi connectivity index (χ1) is 13.5. The Bertz CT molecular complexity index is 866. The summed E-state index contributed by atoms with van der Waals surface area (Å²) in [4.78, 5) is 2.76. The second kappa shape index (κ2) is 7.35. The fourth-order valence-electron chi connectivity index (χ4n) is 6.28. The fourth-order valence-corrected chi connectivity index (χ4v) is 6.28. The van der Waals surface area contributed by atoms with E-state index in [0.29, 0.717) is 36.5 Å². The van der Waals surface area contributed by atoms with Crippen LogP contribution in [0.15, 0.2) is 23.3 Å². The molecule has 3 aliphatic rings. The highest BCUT2D eigenvalue weighted by molar-refractivity contribution is 5.40. The molecule has 0 aliphatic heterocycles. The normalized spacial score (nSPS) is 35.6. The van der Waals surface area contributed by atoms with E-state index in [-0.39, 0.29) is 5.41 Å². The lowest BCUT2D eigenvalue weighted by atomic mass is 9.53. The number of unbranched alkanes of at least 4 members (excludes halogenated alkanes) is 1. The van der Waals surface area contributed by atoms with Gasteiger partial charge in [-0.15, -0.1) is 5.92 Å². The van der Waals surface area contributed by atoms with Crippen LogP contribution in [0.3, 0.4) is 0 Å². The minimum atomic E-state index is -0.906. The minimum Gasteiger partial charge on any atom is -0.508 e. The summed E-state index contributed by atoms with van der Waals surface area (Å²) in [6, 6.07) is 5.88. The van der Waals surface area contributed by atoms with Crippen LogP contribution in [0.1, 0.15) is 68.9 Å². The molecule has 0 amide bonds. The first kappa shape index (κ1) is 19.2. The first-order valence-corrected chi connectivity index (χ1v) is 10.5. The zero-order valence-electron chi connectivity index (χ0n) is 16.6. The molecular weight excluding hydrogens is 350 g/mol. The molecule has 4 rings (SSSR count). The van der Waals surface area contributed by atoms with Crippen molar-refractivity contribution in [3.63, 3.8) is 0 Å². The van der Waals surface area contributed by atoms with Crippen molar-refractivity contribution < 1.29 is 10.2 Å². The second-order valence-corrected chi connectivity index (χ2v) is 9.01. The van der Waals surface area contributed by atoms with Crippen LogP contribution in [0.4, 0.5) is 0 Å². The smallest absolute Gasteiger partial charge is 0.131 e. The molecule has 1 aromatic rings. The summed E-state index contributed by atoms with van der Waals surface area (Å²) in [5.41, 5.74) is 10.00. The van der Waals surface area contributed by atoms with Gasteiger partial charge < -0.3 is 10.2 Å². The largest absolute Gasteiger partial charge is 0.508 e. The predicted molar refractivity (Wildman–Crippen MR) is 109 cm³/mol. The summed E-state index contributed by atoms with van der Waals surface area (Å²) < 4.78 is 0. The van der Waals surface area contributed by atoms with E-state index in [1.807, 2.05) is 12.1 Å². The van der Waals surface area contributed by atoms with Gasteiger partial charge in [-0.25, -0.2) is 0 Å². The van der Waals surface area contributed by atoms with Gasteiger partial charge in [0.05, 0.1) is 0 Å². The van der Waals surface area contributed by atoms with E-state index in [1.165, 1.54) is 11.1 Å². The lowest BCUT2D eigenvalue weighted by molar-refractivity contribution is -0.0648. The average Bonchev–Trinajstić information content (AvgIpc) is 2.95. The van der Waals surface area contributed by atoms with Crippen molar-refractivity contribution in [3.05, 3.63) is 39.8 Å². The van der Waals surface area contributed by atoms with Crippen molar-refractivity contribution in [2.24, 2.45) is 22.4 Å². The van der Waals surface area contributed by atoms with E-state index < -0.39 is 5.60 Å². The maximum atomic E-state index is 11.5. The number of phenols is 1. The van der Waals surface area contributed by atoms with Crippen LogP contribution in [0.5, 0.6) is 5.75 Å². The van der Waals surface area contributed by atoms with Gasteiger partial charge in [0.25, 0.3) is 0 Å². The number of benzene rings is 1. The number of aliphatic hydroxyl groups is 1. The molecule has 28 heavy (non-hydrogen) atoms. The molecule has 2 saturated carbocycles. The number of aryl methyl sites for hydroxylation is 1. The van der Waals surface area contributed by atoms with Gasteiger partial charge in [0.15, 0.2) is 0 Å². The Morgan fingerprint density at radius 1 is 1.29 bits per heavy atom. The zero-order valence-corrected chi connectivity index (χ0v) is 16.6. The molecule has 0 saturated heterocycles. The van der Waals surface area contributed by atoms with Gasteiger partial charge in [-0.05, 0) is 91.5 Å². The molecule has 3 aliphatic carbocycles. The second-order valence-electron chi connectivity index (χ2n) is 9.01. The summed E-state index contributed by atoms with van der Waals surface area (Å²) in [6.45, 7) is 2.71. The number of fused-ring (bicyclic) bond motifs is 5. The van der Waals surface area contributed by atoms with Gasteiger partial charge in [-0.2, -0.15) is 0 Å². The van der Waals surface area contributed by atoms with Crippen molar-refractivity contribution in [2.45, 2.75) is 69.8 Å². The highest BCUT2D eigenvalue weighted by Crippen LogP contribution is 2.64. The summed E-state index contributed by atoms with van der Waals surface area (Å²) in [5.74, 6) is 8.40. The first-order valence-electron chi connectivity index (χ1n) is 10.5. The Hall–Kier alpha value is -2.15. The van der Waals surface area contributed by atoms with E-state index in [1.54, 1.807) is 0 Å². The van der Waals surface area contributed by atoms with Crippen molar-refractivity contribution in [3.8, 4) is 17.6 Å². The van der Waals surface area contributed by atoms with Crippen molar-refractivity contribution in [1.29, 1.82) is 0 Å². The molecule has 148 valence electrons. The van der Waals surface area contributed by atoms with Crippen LogP contribution in [0, 0.1) is 29.1 Å². The van der Waals surface area contributed by atoms with Gasteiger partial charge in [0.2, 0.25) is 0 Å². The van der Waals surface area contributed by atoms with Crippen molar-refractivity contribution >= 4 is 0 Å². The average molecular weight is 380 g/mol. The molecule has 0 unspecified atom stereocenters. The topological polar surface area (TPSA) is 89.2 Å². The summed E-state index contributed by atoms with van der Waals surface area (Å²) in [6.07, 6.45) is 7.40. The Morgan fingerprint density at radius 3 is 2.96 bits per heavy atom. The number of azide groups is 1. The zero-order chi connectivity index (χ0) is 19.8. The molecule has 0 bridgehead atoms. The monoisotopic (exact) mass is 379 g/mol. The molecule has 2 N–H and O–H groups in total. The molecule has 5 heteroatoms. The number of hydrogen-bond acceptors (Lipinski definition) is 3. The molecule has 5 nitrogen and oxygen atoms in total. The standard InChI is InChI=1S/C23H29N3O2/c1-22-12-9-19-18-8-6-17(27)15-16(18)5-7-20(19)21(22)10-13-23(22,28)11-3-2-4-14-25-26-24/h6,8,15,19-21,27-28H,2,4-5,7,9-10,12-14H2,1H3/t19-,20-,21+,22+,23+/m1/s1. The Morgan fingerprint density at radius 2 is 2.14 bits per heavy atom. The molecule has 0 heterocycles. The Labute approximate surface area is 166 Å². The van der Waals surface area contributed by atoms with E-state index in [0.717, 1.165) is 44.9 Å². The molecule has 0 aromatic heterocycles. The third-order valence-corrected chi connectivity index (χ3v) is 7.78. The predicted octanol–water partition coefficient (Wildman–Crippen LogP) is 5.07. The van der Waals surface area contributed by atoms with Crippen LogP contribution in [-0.4, -0.2) is 22.4 Å². The van der Waals surface area contributed by atoms with Crippen LogP contribution in [0.25, 0.3) is 10.4 Å². The summed E-state index contributed by atoms with van der Waals surface area (Å²) >= 11 is 0.